The first kappa shape index (κ1) is 22.0. The van der Waals surface area contributed by atoms with Crippen molar-refractivity contribution < 1.29 is 19.2 Å². The molecule has 1 aliphatic rings. The highest BCUT2D eigenvalue weighted by Crippen LogP contribution is 2.31. The second kappa shape index (κ2) is 9.85. The lowest BCUT2D eigenvalue weighted by Gasteiger charge is -2.25. The highest BCUT2D eigenvalue weighted by molar-refractivity contribution is 5.76. The number of ether oxygens (including phenoxy) is 2. The number of amides is 1. The Hall–Kier alpha value is -2.73. The summed E-state index contributed by atoms with van der Waals surface area (Å²) >= 11 is 0. The van der Waals surface area contributed by atoms with E-state index in [1.54, 1.807) is 14.2 Å². The van der Waals surface area contributed by atoms with Crippen molar-refractivity contribution in [3.05, 3.63) is 53.6 Å². The summed E-state index contributed by atoms with van der Waals surface area (Å²) in [5, 5.41) is 0. The van der Waals surface area contributed by atoms with Gasteiger partial charge in [0.1, 0.15) is 17.5 Å². The Labute approximate surface area is 180 Å². The number of benzene rings is 2. The van der Waals surface area contributed by atoms with E-state index >= 15 is 0 Å². The van der Waals surface area contributed by atoms with Gasteiger partial charge in [0.25, 0.3) is 5.91 Å². The Kier molecular flexibility index (Phi) is 7.21. The minimum atomic E-state index is 0.168. The number of quaternary nitrogens is 1. The standard InChI is InChI=1S/C24H33N3O3/c1-25(2)19-10-8-18(9-11-19)16-26(3)24(28)17-27-14-6-7-22(27)21-13-12-20(29-4)15-23(21)30-5/h8-13,15,22H,6-7,14,16-17H2,1-5H3/p+1/t22-/m1/s1. The van der Waals surface area contributed by atoms with E-state index in [0.717, 1.165) is 47.7 Å². The first-order valence-electron chi connectivity index (χ1n) is 10.5. The monoisotopic (exact) mass is 412 g/mol. The first-order chi connectivity index (χ1) is 14.4. The number of rotatable bonds is 8. The average Bonchev–Trinajstić information content (AvgIpc) is 3.21. The second-order valence-corrected chi connectivity index (χ2v) is 8.20. The van der Waals surface area contributed by atoms with Crippen molar-refractivity contribution in [1.82, 2.24) is 4.90 Å². The van der Waals surface area contributed by atoms with Gasteiger partial charge in [-0.2, -0.15) is 0 Å². The average molecular weight is 413 g/mol. The number of hydrogen-bond acceptors (Lipinski definition) is 4. The Bertz CT molecular complexity index is 851. The lowest BCUT2D eigenvalue weighted by Crippen LogP contribution is -3.11. The van der Waals surface area contributed by atoms with E-state index in [-0.39, 0.29) is 11.9 Å². The van der Waals surface area contributed by atoms with Gasteiger partial charge in [0.15, 0.2) is 6.54 Å². The van der Waals surface area contributed by atoms with Crippen molar-refractivity contribution in [1.29, 1.82) is 0 Å². The van der Waals surface area contributed by atoms with Gasteiger partial charge in [0, 0.05) is 52.3 Å². The predicted molar refractivity (Wildman–Crippen MR) is 119 cm³/mol. The van der Waals surface area contributed by atoms with E-state index in [9.17, 15) is 4.79 Å². The molecule has 162 valence electrons. The van der Waals surface area contributed by atoms with Crippen LogP contribution in [-0.2, 0) is 11.3 Å². The largest absolute Gasteiger partial charge is 0.497 e. The number of nitrogens with zero attached hydrogens (tertiary/aromatic N) is 2. The fourth-order valence-corrected chi connectivity index (χ4v) is 4.20. The number of hydrogen-bond donors (Lipinski definition) is 1. The summed E-state index contributed by atoms with van der Waals surface area (Å²) in [6, 6.07) is 14.6. The van der Waals surface area contributed by atoms with Crippen molar-refractivity contribution >= 4 is 11.6 Å². The summed E-state index contributed by atoms with van der Waals surface area (Å²) in [5.74, 6) is 1.79. The molecule has 2 aromatic rings. The zero-order chi connectivity index (χ0) is 21.7. The molecule has 1 aliphatic heterocycles. The third kappa shape index (κ3) is 5.05. The van der Waals surface area contributed by atoms with Gasteiger partial charge in [-0.3, -0.25) is 4.79 Å². The lowest BCUT2D eigenvalue weighted by atomic mass is 10.0. The fraction of sp³-hybridized carbons (Fsp3) is 0.458. The summed E-state index contributed by atoms with van der Waals surface area (Å²) in [6.07, 6.45) is 2.17. The van der Waals surface area contributed by atoms with E-state index in [1.165, 1.54) is 4.90 Å². The van der Waals surface area contributed by atoms with Crippen LogP contribution in [0.2, 0.25) is 0 Å². The van der Waals surface area contributed by atoms with Gasteiger partial charge >= 0.3 is 0 Å². The van der Waals surface area contributed by atoms with Crippen molar-refractivity contribution in [2.45, 2.75) is 25.4 Å². The molecule has 0 saturated carbocycles. The van der Waals surface area contributed by atoms with Crippen LogP contribution in [0.4, 0.5) is 5.69 Å². The summed E-state index contributed by atoms with van der Waals surface area (Å²) in [5.41, 5.74) is 3.45. The molecule has 30 heavy (non-hydrogen) atoms. The molecule has 3 rings (SSSR count). The van der Waals surface area contributed by atoms with Crippen LogP contribution in [0.3, 0.4) is 0 Å². The Balaban J connectivity index is 1.65. The molecule has 0 aromatic heterocycles. The minimum Gasteiger partial charge on any atom is -0.497 e. The molecule has 6 heteroatoms. The first-order valence-corrected chi connectivity index (χ1v) is 10.5. The highest BCUT2D eigenvalue weighted by Gasteiger charge is 2.34. The SMILES string of the molecule is COc1ccc([C@H]2CCC[NH+]2CC(=O)N(C)Cc2ccc(N(C)C)cc2)c(OC)c1. The molecule has 1 saturated heterocycles. The summed E-state index contributed by atoms with van der Waals surface area (Å²) < 4.78 is 10.9. The van der Waals surface area contributed by atoms with E-state index in [2.05, 4.69) is 35.2 Å². The molecule has 0 aliphatic carbocycles. The quantitative estimate of drug-likeness (QED) is 0.722. The molecule has 1 fully saturated rings. The highest BCUT2D eigenvalue weighted by atomic mass is 16.5. The normalized spacial score (nSPS) is 18.2. The van der Waals surface area contributed by atoms with Gasteiger partial charge in [-0.25, -0.2) is 0 Å². The number of carbonyl (C=O) groups excluding carboxylic acids is 1. The van der Waals surface area contributed by atoms with E-state index < -0.39 is 0 Å². The Morgan fingerprint density at radius 2 is 1.80 bits per heavy atom. The molecule has 0 bridgehead atoms. The molecule has 1 N–H and O–H groups in total. The van der Waals surface area contributed by atoms with Gasteiger partial charge < -0.3 is 24.2 Å². The van der Waals surface area contributed by atoms with Crippen LogP contribution in [0.5, 0.6) is 11.5 Å². The molecular formula is C24H34N3O3+. The summed E-state index contributed by atoms with van der Waals surface area (Å²) in [7, 11) is 9.29. The molecule has 1 heterocycles. The molecule has 1 amide bonds. The molecule has 1 unspecified atom stereocenters. The number of methoxy groups -OCH3 is 2. The van der Waals surface area contributed by atoms with Crippen molar-refractivity contribution in [3.8, 4) is 11.5 Å². The van der Waals surface area contributed by atoms with Crippen LogP contribution in [0, 0.1) is 0 Å². The van der Waals surface area contributed by atoms with Crippen LogP contribution in [0.1, 0.15) is 30.0 Å². The molecule has 6 nitrogen and oxygen atoms in total. The number of carbonyl (C=O) groups is 1. The zero-order valence-corrected chi connectivity index (χ0v) is 18.8. The van der Waals surface area contributed by atoms with Gasteiger partial charge in [-0.05, 0) is 29.8 Å². The number of nitrogens with one attached hydrogen (secondary N) is 1. The molecular weight excluding hydrogens is 378 g/mol. The summed E-state index contributed by atoms with van der Waals surface area (Å²) in [4.78, 5) is 18.2. The Morgan fingerprint density at radius 3 is 2.43 bits per heavy atom. The van der Waals surface area contributed by atoms with E-state index in [0.29, 0.717) is 13.1 Å². The zero-order valence-electron chi connectivity index (χ0n) is 18.8. The van der Waals surface area contributed by atoms with Crippen LogP contribution in [0.15, 0.2) is 42.5 Å². The van der Waals surface area contributed by atoms with Crippen LogP contribution in [0.25, 0.3) is 0 Å². The van der Waals surface area contributed by atoms with Gasteiger partial charge in [-0.1, -0.05) is 12.1 Å². The number of likely N-dealkylation sites (N-methyl/N-ethyl adjacent to an activating group) is 1. The van der Waals surface area contributed by atoms with Crippen LogP contribution < -0.4 is 19.3 Å². The molecule has 0 radical (unpaired) electrons. The molecule has 2 atom stereocenters. The van der Waals surface area contributed by atoms with Gasteiger partial charge in [0.2, 0.25) is 0 Å². The maximum Gasteiger partial charge on any atom is 0.277 e. The topological polar surface area (TPSA) is 46.5 Å². The third-order valence-electron chi connectivity index (χ3n) is 5.98. The summed E-state index contributed by atoms with van der Waals surface area (Å²) in [6.45, 7) is 2.11. The Morgan fingerprint density at radius 1 is 1.07 bits per heavy atom. The fourth-order valence-electron chi connectivity index (χ4n) is 4.20. The number of likely N-dealkylation sites (tertiary alicyclic amines) is 1. The third-order valence-corrected chi connectivity index (χ3v) is 5.98. The number of anilines is 1. The van der Waals surface area contributed by atoms with E-state index in [4.69, 9.17) is 9.47 Å². The van der Waals surface area contributed by atoms with Gasteiger partial charge in [-0.15, -0.1) is 0 Å². The maximum atomic E-state index is 13.0. The molecule has 2 aromatic carbocycles. The van der Waals surface area contributed by atoms with Crippen molar-refractivity contribution in [2.75, 3.05) is 53.4 Å². The van der Waals surface area contributed by atoms with Crippen LogP contribution >= 0.6 is 0 Å². The second-order valence-electron chi connectivity index (χ2n) is 8.20. The smallest absolute Gasteiger partial charge is 0.277 e. The van der Waals surface area contributed by atoms with Crippen molar-refractivity contribution in [3.63, 3.8) is 0 Å². The lowest BCUT2D eigenvalue weighted by molar-refractivity contribution is -0.910. The predicted octanol–water partition coefficient (Wildman–Crippen LogP) is 2.15. The van der Waals surface area contributed by atoms with Crippen molar-refractivity contribution in [2.24, 2.45) is 0 Å². The maximum absolute atomic E-state index is 13.0. The van der Waals surface area contributed by atoms with Gasteiger partial charge in [0.05, 0.1) is 26.3 Å². The van der Waals surface area contributed by atoms with Crippen LogP contribution in [-0.4, -0.2) is 59.3 Å². The van der Waals surface area contributed by atoms with E-state index in [1.807, 2.05) is 38.2 Å². The minimum absolute atomic E-state index is 0.168. The molecule has 0 spiro atoms.